The average Bonchev–Trinajstić information content (AvgIpc) is 3.29. The lowest BCUT2D eigenvalue weighted by molar-refractivity contribution is 0.128. The molecule has 1 fully saturated rings. The summed E-state index contributed by atoms with van der Waals surface area (Å²) in [5.74, 6) is 1.49. The zero-order valence-corrected chi connectivity index (χ0v) is 12.6. The highest BCUT2D eigenvalue weighted by Gasteiger charge is 2.23. The quantitative estimate of drug-likeness (QED) is 0.760. The molecular weight excluding hydrogens is 288 g/mol. The fourth-order valence-corrected chi connectivity index (χ4v) is 2.15. The molecule has 1 saturated carbocycles. The Morgan fingerprint density at radius 3 is 2.62 bits per heavy atom. The Labute approximate surface area is 129 Å². The van der Waals surface area contributed by atoms with Gasteiger partial charge in [-0.1, -0.05) is 11.6 Å². The second-order valence-corrected chi connectivity index (χ2v) is 5.36. The number of benzene rings is 1. The highest BCUT2D eigenvalue weighted by molar-refractivity contribution is 6.29. The summed E-state index contributed by atoms with van der Waals surface area (Å²) in [6, 6.07) is 9.66. The highest BCUT2D eigenvalue weighted by atomic mass is 35.5. The van der Waals surface area contributed by atoms with Gasteiger partial charge in [-0.15, -0.1) is 0 Å². The van der Waals surface area contributed by atoms with Gasteiger partial charge in [0.1, 0.15) is 17.5 Å². The molecule has 5 heteroatoms. The lowest BCUT2D eigenvalue weighted by Gasteiger charge is -2.07. The van der Waals surface area contributed by atoms with Gasteiger partial charge in [-0.25, -0.2) is 9.97 Å². The topological polar surface area (TPSA) is 44.2 Å². The standard InChI is InChI=1S/C16H17ClN2O2/c1-2-20-10-16-18-14(9-15(17)19-16)11-3-5-12(6-4-11)21-13-7-8-13/h3-6,9,13H,2,7-8,10H2,1H3. The van der Waals surface area contributed by atoms with Gasteiger partial charge in [-0.2, -0.15) is 0 Å². The van der Waals surface area contributed by atoms with Crippen molar-refractivity contribution < 1.29 is 9.47 Å². The summed E-state index contributed by atoms with van der Waals surface area (Å²) >= 11 is 6.06. The van der Waals surface area contributed by atoms with Crippen molar-refractivity contribution >= 4 is 11.6 Å². The lowest BCUT2D eigenvalue weighted by Crippen LogP contribution is -2.01. The Balaban J connectivity index is 1.79. The molecule has 1 aromatic carbocycles. The SMILES string of the molecule is CCOCc1nc(Cl)cc(-c2ccc(OC3CC3)cc2)n1. The molecule has 1 heterocycles. The van der Waals surface area contributed by atoms with Crippen LogP contribution < -0.4 is 4.74 Å². The Kier molecular flexibility index (Phi) is 4.36. The molecule has 0 aliphatic heterocycles. The van der Waals surface area contributed by atoms with Crippen molar-refractivity contribution in [2.45, 2.75) is 32.5 Å². The Hall–Kier alpha value is -1.65. The van der Waals surface area contributed by atoms with Crippen LogP contribution >= 0.6 is 11.6 Å². The fourth-order valence-electron chi connectivity index (χ4n) is 1.95. The third kappa shape index (κ3) is 3.93. The van der Waals surface area contributed by atoms with Gasteiger partial charge >= 0.3 is 0 Å². The van der Waals surface area contributed by atoms with Crippen LogP contribution in [-0.4, -0.2) is 22.7 Å². The molecule has 0 amide bonds. The van der Waals surface area contributed by atoms with Crippen molar-refractivity contribution in [3.05, 3.63) is 41.3 Å². The zero-order valence-electron chi connectivity index (χ0n) is 11.9. The fraction of sp³-hybridized carbons (Fsp3) is 0.375. The maximum absolute atomic E-state index is 6.06. The summed E-state index contributed by atoms with van der Waals surface area (Å²) in [7, 11) is 0. The highest BCUT2D eigenvalue weighted by Crippen LogP contribution is 2.28. The molecule has 0 bridgehead atoms. The molecule has 0 atom stereocenters. The second-order valence-electron chi connectivity index (χ2n) is 4.97. The molecule has 110 valence electrons. The first-order valence-corrected chi connectivity index (χ1v) is 7.50. The average molecular weight is 305 g/mol. The maximum atomic E-state index is 6.06. The Morgan fingerprint density at radius 1 is 1.19 bits per heavy atom. The first kappa shape index (κ1) is 14.3. The number of ether oxygens (including phenoxy) is 2. The van der Waals surface area contributed by atoms with Crippen LogP contribution in [0.2, 0.25) is 5.15 Å². The number of halogens is 1. The predicted molar refractivity (Wildman–Crippen MR) is 81.5 cm³/mol. The van der Waals surface area contributed by atoms with Gasteiger partial charge in [0.25, 0.3) is 0 Å². The van der Waals surface area contributed by atoms with Crippen molar-refractivity contribution in [2.24, 2.45) is 0 Å². The number of nitrogens with zero attached hydrogens (tertiary/aromatic N) is 2. The molecule has 1 aliphatic carbocycles. The number of aromatic nitrogens is 2. The van der Waals surface area contributed by atoms with Crippen molar-refractivity contribution in [1.82, 2.24) is 9.97 Å². The van der Waals surface area contributed by atoms with Gasteiger partial charge in [-0.05, 0) is 44.0 Å². The molecule has 0 radical (unpaired) electrons. The van der Waals surface area contributed by atoms with Crippen LogP contribution in [0.3, 0.4) is 0 Å². The summed E-state index contributed by atoms with van der Waals surface area (Å²) < 4.78 is 11.1. The minimum absolute atomic E-state index is 0.368. The van der Waals surface area contributed by atoms with E-state index in [1.165, 1.54) is 0 Å². The van der Waals surface area contributed by atoms with E-state index in [1.807, 2.05) is 31.2 Å². The van der Waals surface area contributed by atoms with Gasteiger partial charge in [0.15, 0.2) is 5.82 Å². The van der Waals surface area contributed by atoms with Crippen LogP contribution in [-0.2, 0) is 11.3 Å². The third-order valence-electron chi connectivity index (χ3n) is 3.15. The molecule has 0 spiro atoms. The number of rotatable bonds is 6. The Bertz CT molecular complexity index is 612. The van der Waals surface area contributed by atoms with E-state index in [-0.39, 0.29) is 0 Å². The molecule has 1 aliphatic rings. The van der Waals surface area contributed by atoms with Gasteiger partial charge in [0.2, 0.25) is 0 Å². The van der Waals surface area contributed by atoms with Gasteiger partial charge in [0, 0.05) is 18.2 Å². The van der Waals surface area contributed by atoms with E-state index in [9.17, 15) is 0 Å². The molecule has 2 aromatic rings. The van der Waals surface area contributed by atoms with Crippen molar-refractivity contribution in [1.29, 1.82) is 0 Å². The molecule has 21 heavy (non-hydrogen) atoms. The first-order chi connectivity index (χ1) is 10.2. The van der Waals surface area contributed by atoms with E-state index in [2.05, 4.69) is 9.97 Å². The van der Waals surface area contributed by atoms with Crippen LogP contribution in [0.15, 0.2) is 30.3 Å². The maximum Gasteiger partial charge on any atom is 0.156 e. The summed E-state index contributed by atoms with van der Waals surface area (Å²) in [5, 5.41) is 0.424. The van der Waals surface area contributed by atoms with Crippen molar-refractivity contribution in [3.8, 4) is 17.0 Å². The summed E-state index contributed by atoms with van der Waals surface area (Å²) in [4.78, 5) is 8.65. The second kappa shape index (κ2) is 6.41. The summed E-state index contributed by atoms with van der Waals surface area (Å²) in [5.41, 5.74) is 1.78. The van der Waals surface area contributed by atoms with Crippen LogP contribution in [0.5, 0.6) is 5.75 Å². The van der Waals surface area contributed by atoms with Gasteiger partial charge in [0.05, 0.1) is 11.8 Å². The van der Waals surface area contributed by atoms with Crippen LogP contribution in [0.25, 0.3) is 11.3 Å². The molecular formula is C16H17ClN2O2. The van der Waals surface area contributed by atoms with E-state index in [0.717, 1.165) is 29.8 Å². The van der Waals surface area contributed by atoms with Gasteiger partial charge < -0.3 is 9.47 Å². The monoisotopic (exact) mass is 304 g/mol. The van der Waals surface area contributed by atoms with E-state index in [4.69, 9.17) is 21.1 Å². The first-order valence-electron chi connectivity index (χ1n) is 7.13. The van der Waals surface area contributed by atoms with E-state index in [0.29, 0.717) is 30.3 Å². The molecule has 4 nitrogen and oxygen atoms in total. The normalized spacial score (nSPS) is 14.2. The molecule has 3 rings (SSSR count). The van der Waals surface area contributed by atoms with Crippen molar-refractivity contribution in [2.75, 3.05) is 6.61 Å². The molecule has 1 aromatic heterocycles. The number of hydrogen-bond donors (Lipinski definition) is 0. The molecule has 0 unspecified atom stereocenters. The largest absolute Gasteiger partial charge is 0.490 e. The van der Waals surface area contributed by atoms with Crippen molar-refractivity contribution in [3.63, 3.8) is 0 Å². The Morgan fingerprint density at radius 2 is 1.95 bits per heavy atom. The third-order valence-corrected chi connectivity index (χ3v) is 3.35. The number of hydrogen-bond acceptors (Lipinski definition) is 4. The minimum Gasteiger partial charge on any atom is -0.490 e. The molecule has 0 saturated heterocycles. The zero-order chi connectivity index (χ0) is 14.7. The van der Waals surface area contributed by atoms with Gasteiger partial charge in [-0.3, -0.25) is 0 Å². The van der Waals surface area contributed by atoms with E-state index >= 15 is 0 Å². The van der Waals surface area contributed by atoms with Crippen LogP contribution in [0, 0.1) is 0 Å². The van der Waals surface area contributed by atoms with Crippen LogP contribution in [0.1, 0.15) is 25.6 Å². The smallest absolute Gasteiger partial charge is 0.156 e. The van der Waals surface area contributed by atoms with Crippen LogP contribution in [0.4, 0.5) is 0 Å². The minimum atomic E-state index is 0.368. The van der Waals surface area contributed by atoms with E-state index in [1.54, 1.807) is 6.07 Å². The lowest BCUT2D eigenvalue weighted by atomic mass is 10.1. The molecule has 0 N–H and O–H groups in total. The summed E-state index contributed by atoms with van der Waals surface area (Å²) in [6.45, 7) is 2.93. The predicted octanol–water partition coefficient (Wildman–Crippen LogP) is 3.87. The summed E-state index contributed by atoms with van der Waals surface area (Å²) in [6.07, 6.45) is 2.72. The van der Waals surface area contributed by atoms with E-state index < -0.39 is 0 Å².